The highest BCUT2D eigenvalue weighted by atomic mass is 15.2. The molecule has 0 spiro atoms. The molecule has 3 nitrogen and oxygen atoms in total. The van der Waals surface area contributed by atoms with Gasteiger partial charge in [0, 0.05) is 51.3 Å². The lowest BCUT2D eigenvalue weighted by Gasteiger charge is -2.54. The zero-order valence-electron chi connectivity index (χ0n) is 45.9. The zero-order valence-corrected chi connectivity index (χ0v) is 45.9. The number of rotatable bonds is 5. The molecule has 2 unspecified atom stereocenters. The standard InChI is InChI=1S/C66H80BN3/c1-61(2,3)43-19-29-49(30-20-43)68(50-31-21-44(22-32-50)62(4,5)6)53-41-58-60-59(42-53)70(52-35-25-46(26-36-52)64(10,11)12)57-38-28-48(66(16,17)18)40-55(57)67(60)54-39-47(65(13,14)15)27-37-56(54)69(58)51-33-23-45(24-34-51)63(7,8)9/h19-42,58,60H,1-18H3. The van der Waals surface area contributed by atoms with Gasteiger partial charge in [-0.25, -0.2) is 0 Å². The first-order valence-electron chi connectivity index (χ1n) is 26.0. The number of hydrogen-bond donors (Lipinski definition) is 0. The molecule has 2 aliphatic heterocycles. The van der Waals surface area contributed by atoms with Gasteiger partial charge in [-0.05, 0) is 150 Å². The fourth-order valence-corrected chi connectivity index (χ4v) is 11.0. The summed E-state index contributed by atoms with van der Waals surface area (Å²) in [6.07, 6.45) is 5.18. The van der Waals surface area contributed by atoms with E-state index in [0.717, 1.165) is 11.4 Å². The highest BCUT2D eigenvalue weighted by molar-refractivity contribution is 6.90. The van der Waals surface area contributed by atoms with Crippen LogP contribution in [0.4, 0.5) is 34.1 Å². The van der Waals surface area contributed by atoms with Crippen molar-refractivity contribution in [2.45, 2.75) is 169 Å². The van der Waals surface area contributed by atoms with E-state index in [-0.39, 0.29) is 51.1 Å². The third-order valence-corrected chi connectivity index (χ3v) is 15.5. The van der Waals surface area contributed by atoms with Crippen molar-refractivity contribution in [3.05, 3.63) is 190 Å². The predicted molar refractivity (Wildman–Crippen MR) is 306 cm³/mol. The SMILES string of the molecule is CC(C)(C)c1ccc(N(C2=CC3C4B(c5cc(C(C)(C)C)ccc5N(c5ccc(C(C)(C)C)cc5)C4=C2)c2cc(C(C)(C)C)ccc2N3c2ccc(C(C)(C)C)cc2)c2ccc(C(C)(C)C)cc2)cc1. The minimum absolute atomic E-state index is 0.0272. The van der Waals surface area contributed by atoms with Gasteiger partial charge < -0.3 is 14.7 Å². The molecule has 4 heteroatoms. The van der Waals surface area contributed by atoms with Crippen LogP contribution < -0.4 is 25.6 Å². The molecule has 2 atom stereocenters. The summed E-state index contributed by atoms with van der Waals surface area (Å²) in [4.78, 5) is 7.86. The number of anilines is 6. The first-order chi connectivity index (χ1) is 32.5. The average molecular weight is 926 g/mol. The minimum Gasteiger partial charge on any atom is -0.335 e. The summed E-state index contributed by atoms with van der Waals surface area (Å²) in [6, 6.07) is 52.5. The van der Waals surface area contributed by atoms with E-state index in [1.165, 1.54) is 78.4 Å². The van der Waals surface area contributed by atoms with E-state index in [9.17, 15) is 0 Å². The Hall–Kier alpha value is -5.74. The molecule has 0 aromatic heterocycles. The molecule has 0 saturated heterocycles. The second-order valence-corrected chi connectivity index (χ2v) is 26.9. The van der Waals surface area contributed by atoms with Crippen molar-refractivity contribution >= 4 is 51.8 Å². The summed E-state index contributed by atoms with van der Waals surface area (Å²) in [5, 5.41) is 0. The predicted octanol–water partition coefficient (Wildman–Crippen LogP) is 16.7. The molecule has 70 heavy (non-hydrogen) atoms. The number of fused-ring (bicyclic) bond motifs is 4. The van der Waals surface area contributed by atoms with Gasteiger partial charge in [-0.3, -0.25) is 0 Å². The molecule has 9 rings (SSSR count). The summed E-state index contributed by atoms with van der Waals surface area (Å²) in [6.45, 7) is 41.9. The van der Waals surface area contributed by atoms with E-state index in [2.05, 4.69) is 285 Å². The number of allylic oxidation sites excluding steroid dienone is 1. The van der Waals surface area contributed by atoms with Crippen LogP contribution >= 0.6 is 0 Å². The fraction of sp³-hybridized carbons (Fsp3) is 0.394. The maximum Gasteiger partial charge on any atom is 0.226 e. The molecular weight excluding hydrogens is 846 g/mol. The summed E-state index contributed by atoms with van der Waals surface area (Å²) >= 11 is 0. The largest absolute Gasteiger partial charge is 0.335 e. The zero-order chi connectivity index (χ0) is 50.7. The smallest absolute Gasteiger partial charge is 0.226 e. The monoisotopic (exact) mass is 926 g/mol. The molecule has 1 aliphatic carbocycles. The van der Waals surface area contributed by atoms with Crippen molar-refractivity contribution in [1.82, 2.24) is 0 Å². The molecule has 6 aromatic carbocycles. The lowest BCUT2D eigenvalue weighted by Crippen LogP contribution is -2.64. The lowest BCUT2D eigenvalue weighted by atomic mass is 9.28. The van der Waals surface area contributed by atoms with Gasteiger partial charge in [0.25, 0.3) is 0 Å². The molecular formula is C66H80BN3. The van der Waals surface area contributed by atoms with E-state index >= 15 is 0 Å². The van der Waals surface area contributed by atoms with Gasteiger partial charge in [-0.2, -0.15) is 0 Å². The van der Waals surface area contributed by atoms with Gasteiger partial charge in [-0.1, -0.05) is 197 Å². The Morgan fingerprint density at radius 2 is 0.729 bits per heavy atom. The molecule has 362 valence electrons. The first-order valence-corrected chi connectivity index (χ1v) is 26.0. The maximum atomic E-state index is 2.70. The molecule has 0 radical (unpaired) electrons. The van der Waals surface area contributed by atoms with Crippen molar-refractivity contribution in [3.63, 3.8) is 0 Å². The van der Waals surface area contributed by atoms with E-state index in [1.807, 2.05) is 0 Å². The Balaban J connectivity index is 1.39. The van der Waals surface area contributed by atoms with Crippen molar-refractivity contribution in [2.24, 2.45) is 0 Å². The maximum absolute atomic E-state index is 2.70. The topological polar surface area (TPSA) is 9.72 Å². The minimum atomic E-state index is -0.0403. The van der Waals surface area contributed by atoms with Crippen molar-refractivity contribution < 1.29 is 0 Å². The van der Waals surface area contributed by atoms with Gasteiger partial charge in [0.05, 0.1) is 6.04 Å². The Morgan fingerprint density at radius 1 is 0.386 bits per heavy atom. The molecule has 0 amide bonds. The molecule has 2 heterocycles. The van der Waals surface area contributed by atoms with Gasteiger partial charge in [0.15, 0.2) is 0 Å². The second-order valence-electron chi connectivity index (χ2n) is 26.9. The van der Waals surface area contributed by atoms with Crippen LogP contribution in [0.15, 0.2) is 157 Å². The van der Waals surface area contributed by atoms with Crippen LogP contribution in [0.25, 0.3) is 0 Å². The van der Waals surface area contributed by atoms with Crippen molar-refractivity contribution in [2.75, 3.05) is 14.7 Å². The van der Waals surface area contributed by atoms with Crippen LogP contribution in [0, 0.1) is 0 Å². The van der Waals surface area contributed by atoms with Crippen LogP contribution in [0.3, 0.4) is 0 Å². The Kier molecular flexibility index (Phi) is 11.9. The number of hydrogen-bond acceptors (Lipinski definition) is 3. The average Bonchev–Trinajstić information content (AvgIpc) is 3.27. The molecule has 3 aliphatic rings. The third kappa shape index (κ3) is 9.10. The van der Waals surface area contributed by atoms with E-state index in [1.54, 1.807) is 0 Å². The summed E-state index contributed by atoms with van der Waals surface area (Å²) < 4.78 is 0. The Morgan fingerprint density at radius 3 is 1.13 bits per heavy atom. The van der Waals surface area contributed by atoms with Crippen LogP contribution in [-0.4, -0.2) is 12.8 Å². The van der Waals surface area contributed by atoms with E-state index in [4.69, 9.17) is 0 Å². The van der Waals surface area contributed by atoms with Crippen molar-refractivity contribution in [3.8, 4) is 0 Å². The third-order valence-electron chi connectivity index (χ3n) is 15.5. The molecule has 0 N–H and O–H groups in total. The number of nitrogens with zero attached hydrogens (tertiary/aromatic N) is 3. The molecule has 0 fully saturated rings. The van der Waals surface area contributed by atoms with Crippen molar-refractivity contribution in [1.29, 1.82) is 0 Å². The summed E-state index contributed by atoms with van der Waals surface area (Å²) in [5.41, 5.74) is 20.6. The number of benzene rings is 6. The molecule has 0 bridgehead atoms. The normalized spacial score (nSPS) is 17.4. The van der Waals surface area contributed by atoms with Crippen LogP contribution in [-0.2, 0) is 32.5 Å². The molecule has 6 aromatic rings. The van der Waals surface area contributed by atoms with Gasteiger partial charge in [-0.15, -0.1) is 0 Å². The van der Waals surface area contributed by atoms with Crippen LogP contribution in [0.5, 0.6) is 0 Å². The van der Waals surface area contributed by atoms with Crippen LogP contribution in [0.2, 0.25) is 5.82 Å². The summed E-state index contributed by atoms with van der Waals surface area (Å²) in [5.74, 6) is 0.0761. The van der Waals surface area contributed by atoms with E-state index < -0.39 is 0 Å². The lowest BCUT2D eigenvalue weighted by molar-refractivity contribution is 0.589. The molecule has 0 saturated carbocycles. The highest BCUT2D eigenvalue weighted by Gasteiger charge is 2.53. The highest BCUT2D eigenvalue weighted by Crippen LogP contribution is 2.53. The van der Waals surface area contributed by atoms with Gasteiger partial charge >= 0.3 is 0 Å². The Labute approximate surface area is 423 Å². The first kappa shape index (κ1) is 49.3. The fourth-order valence-electron chi connectivity index (χ4n) is 11.0. The van der Waals surface area contributed by atoms with Gasteiger partial charge in [0.1, 0.15) is 0 Å². The van der Waals surface area contributed by atoms with E-state index in [0.29, 0.717) is 0 Å². The Bertz CT molecular complexity index is 2910. The quantitative estimate of drug-likeness (QED) is 0.160. The van der Waals surface area contributed by atoms with Gasteiger partial charge in [0.2, 0.25) is 6.71 Å². The van der Waals surface area contributed by atoms with Crippen LogP contribution in [0.1, 0.15) is 158 Å². The summed E-state index contributed by atoms with van der Waals surface area (Å²) in [7, 11) is 0. The second kappa shape index (κ2) is 17.0.